The number of pyridine rings is 1. The lowest BCUT2D eigenvalue weighted by molar-refractivity contribution is 0.424. The Morgan fingerprint density at radius 3 is 2.65 bits per heavy atom. The molecule has 2 heterocycles. The number of hydrogen-bond donors (Lipinski definition) is 1. The summed E-state index contributed by atoms with van der Waals surface area (Å²) >= 11 is 0. The molecule has 0 aromatic carbocycles. The molecule has 0 bridgehead atoms. The average Bonchev–Trinajstić information content (AvgIpc) is 2.79. The van der Waals surface area contributed by atoms with E-state index in [0.717, 1.165) is 12.4 Å². The maximum atomic E-state index is 4.38. The Kier molecular flexibility index (Phi) is 3.24. The van der Waals surface area contributed by atoms with Gasteiger partial charge in [-0.2, -0.15) is 5.10 Å². The van der Waals surface area contributed by atoms with Crippen molar-refractivity contribution in [2.75, 3.05) is 0 Å². The maximum absolute atomic E-state index is 4.38. The SMILES string of the molecule is CC(C)(C)NCc1ccc(-n2cccn2)nc1. The van der Waals surface area contributed by atoms with Crippen molar-refractivity contribution >= 4 is 0 Å². The molecule has 0 unspecified atom stereocenters. The molecule has 0 fully saturated rings. The Bertz CT molecular complexity index is 451. The number of aromatic nitrogens is 3. The molecule has 2 aromatic rings. The third-order valence-corrected chi connectivity index (χ3v) is 2.37. The van der Waals surface area contributed by atoms with Crippen molar-refractivity contribution in [3.8, 4) is 5.82 Å². The predicted octanol–water partition coefficient (Wildman–Crippen LogP) is 2.16. The normalized spacial score (nSPS) is 11.7. The molecule has 0 atom stereocenters. The van der Waals surface area contributed by atoms with Gasteiger partial charge in [0.2, 0.25) is 0 Å². The van der Waals surface area contributed by atoms with Gasteiger partial charge in [0.1, 0.15) is 0 Å². The number of rotatable bonds is 3. The van der Waals surface area contributed by atoms with E-state index in [0.29, 0.717) is 0 Å². The second-order valence-electron chi connectivity index (χ2n) is 5.08. The Hall–Kier alpha value is -1.68. The van der Waals surface area contributed by atoms with E-state index in [1.165, 1.54) is 5.56 Å². The Labute approximate surface area is 102 Å². The monoisotopic (exact) mass is 230 g/mol. The van der Waals surface area contributed by atoms with Crippen LogP contribution in [0, 0.1) is 0 Å². The third-order valence-electron chi connectivity index (χ3n) is 2.37. The topological polar surface area (TPSA) is 42.7 Å². The largest absolute Gasteiger partial charge is 0.308 e. The highest BCUT2D eigenvalue weighted by atomic mass is 15.3. The summed E-state index contributed by atoms with van der Waals surface area (Å²) in [5, 5.41) is 7.57. The molecule has 0 aliphatic rings. The summed E-state index contributed by atoms with van der Waals surface area (Å²) in [5.74, 6) is 0.842. The van der Waals surface area contributed by atoms with Gasteiger partial charge < -0.3 is 5.32 Å². The van der Waals surface area contributed by atoms with Gasteiger partial charge in [0, 0.05) is 30.7 Å². The summed E-state index contributed by atoms with van der Waals surface area (Å²) in [6.07, 6.45) is 5.52. The molecule has 0 saturated heterocycles. The second-order valence-corrected chi connectivity index (χ2v) is 5.08. The van der Waals surface area contributed by atoms with Crippen LogP contribution in [0.15, 0.2) is 36.8 Å². The first-order valence-corrected chi connectivity index (χ1v) is 5.74. The second kappa shape index (κ2) is 4.67. The molecule has 1 N–H and O–H groups in total. The molecule has 0 saturated carbocycles. The Morgan fingerprint density at radius 1 is 1.29 bits per heavy atom. The minimum atomic E-state index is 0.126. The summed E-state index contributed by atoms with van der Waals surface area (Å²) in [6, 6.07) is 5.94. The van der Waals surface area contributed by atoms with E-state index in [9.17, 15) is 0 Å². The van der Waals surface area contributed by atoms with Crippen molar-refractivity contribution in [2.24, 2.45) is 0 Å². The molecule has 0 aliphatic heterocycles. The summed E-state index contributed by atoms with van der Waals surface area (Å²) in [5.41, 5.74) is 1.30. The van der Waals surface area contributed by atoms with E-state index in [-0.39, 0.29) is 5.54 Å². The van der Waals surface area contributed by atoms with Crippen molar-refractivity contribution in [3.63, 3.8) is 0 Å². The van der Waals surface area contributed by atoms with Crippen LogP contribution in [0.3, 0.4) is 0 Å². The van der Waals surface area contributed by atoms with Gasteiger partial charge in [-0.15, -0.1) is 0 Å². The molecule has 90 valence electrons. The zero-order valence-electron chi connectivity index (χ0n) is 10.5. The molecule has 2 aromatic heterocycles. The van der Waals surface area contributed by atoms with Gasteiger partial charge in [0.25, 0.3) is 0 Å². The van der Waals surface area contributed by atoms with Gasteiger partial charge in [-0.05, 0) is 38.5 Å². The molecule has 0 spiro atoms. The summed E-state index contributed by atoms with van der Waals surface area (Å²) < 4.78 is 1.75. The third kappa shape index (κ3) is 3.39. The van der Waals surface area contributed by atoms with E-state index >= 15 is 0 Å². The first-order chi connectivity index (χ1) is 8.04. The van der Waals surface area contributed by atoms with Crippen molar-refractivity contribution in [3.05, 3.63) is 42.4 Å². The van der Waals surface area contributed by atoms with Gasteiger partial charge in [-0.25, -0.2) is 9.67 Å². The van der Waals surface area contributed by atoms with Gasteiger partial charge in [-0.3, -0.25) is 0 Å². The van der Waals surface area contributed by atoms with Gasteiger partial charge in [0.15, 0.2) is 5.82 Å². The molecule has 17 heavy (non-hydrogen) atoms. The van der Waals surface area contributed by atoms with Crippen LogP contribution >= 0.6 is 0 Å². The van der Waals surface area contributed by atoms with Crippen LogP contribution in [0.4, 0.5) is 0 Å². The fraction of sp³-hybridized carbons (Fsp3) is 0.385. The van der Waals surface area contributed by atoms with E-state index in [2.05, 4.69) is 42.2 Å². The van der Waals surface area contributed by atoms with Crippen molar-refractivity contribution < 1.29 is 0 Å². The molecular weight excluding hydrogens is 212 g/mol. The van der Waals surface area contributed by atoms with Crippen LogP contribution in [0.1, 0.15) is 26.3 Å². The minimum absolute atomic E-state index is 0.126. The van der Waals surface area contributed by atoms with Crippen LogP contribution in [0.5, 0.6) is 0 Å². The first kappa shape index (κ1) is 11.8. The van der Waals surface area contributed by atoms with Crippen LogP contribution in [0.25, 0.3) is 5.82 Å². The van der Waals surface area contributed by atoms with Crippen molar-refractivity contribution in [1.29, 1.82) is 0 Å². The predicted molar refractivity (Wildman–Crippen MR) is 68.0 cm³/mol. The zero-order valence-corrected chi connectivity index (χ0v) is 10.5. The minimum Gasteiger partial charge on any atom is -0.308 e. The van der Waals surface area contributed by atoms with Crippen molar-refractivity contribution in [2.45, 2.75) is 32.9 Å². The van der Waals surface area contributed by atoms with Crippen LogP contribution in [-0.2, 0) is 6.54 Å². The smallest absolute Gasteiger partial charge is 0.153 e. The molecule has 4 nitrogen and oxygen atoms in total. The number of hydrogen-bond acceptors (Lipinski definition) is 3. The highest BCUT2D eigenvalue weighted by molar-refractivity contribution is 5.24. The molecular formula is C13H18N4. The quantitative estimate of drug-likeness (QED) is 0.878. The van der Waals surface area contributed by atoms with E-state index < -0.39 is 0 Å². The molecule has 4 heteroatoms. The summed E-state index contributed by atoms with van der Waals surface area (Å²) in [4.78, 5) is 4.38. The van der Waals surface area contributed by atoms with E-state index in [1.807, 2.05) is 24.5 Å². The Morgan fingerprint density at radius 2 is 2.12 bits per heavy atom. The van der Waals surface area contributed by atoms with Crippen LogP contribution in [0.2, 0.25) is 0 Å². The summed E-state index contributed by atoms with van der Waals surface area (Å²) in [7, 11) is 0. The van der Waals surface area contributed by atoms with Crippen LogP contribution in [-0.4, -0.2) is 20.3 Å². The van der Waals surface area contributed by atoms with Crippen LogP contribution < -0.4 is 5.32 Å². The van der Waals surface area contributed by atoms with E-state index in [1.54, 1.807) is 10.9 Å². The lowest BCUT2D eigenvalue weighted by atomic mass is 10.1. The van der Waals surface area contributed by atoms with Gasteiger partial charge in [0.05, 0.1) is 0 Å². The molecule has 0 aliphatic carbocycles. The first-order valence-electron chi connectivity index (χ1n) is 5.74. The number of nitrogens with zero attached hydrogens (tertiary/aromatic N) is 3. The highest BCUT2D eigenvalue weighted by Crippen LogP contribution is 2.06. The fourth-order valence-electron chi connectivity index (χ4n) is 1.43. The van der Waals surface area contributed by atoms with E-state index in [4.69, 9.17) is 0 Å². The number of nitrogens with one attached hydrogen (secondary N) is 1. The van der Waals surface area contributed by atoms with Gasteiger partial charge >= 0.3 is 0 Å². The lowest BCUT2D eigenvalue weighted by Crippen LogP contribution is -2.35. The maximum Gasteiger partial charge on any atom is 0.153 e. The molecule has 0 amide bonds. The molecule has 2 rings (SSSR count). The highest BCUT2D eigenvalue weighted by Gasteiger charge is 2.08. The van der Waals surface area contributed by atoms with Gasteiger partial charge in [-0.1, -0.05) is 6.07 Å². The zero-order chi connectivity index (χ0) is 12.3. The average molecular weight is 230 g/mol. The van der Waals surface area contributed by atoms with Crippen molar-refractivity contribution in [1.82, 2.24) is 20.1 Å². The fourth-order valence-corrected chi connectivity index (χ4v) is 1.43. The summed E-state index contributed by atoms with van der Waals surface area (Å²) in [6.45, 7) is 7.28. The Balaban J connectivity index is 2.04. The standard InChI is InChI=1S/C13H18N4/c1-13(2,3)15-10-11-5-6-12(14-9-11)17-8-4-7-16-17/h4-9,15H,10H2,1-3H3. The lowest BCUT2D eigenvalue weighted by Gasteiger charge is -2.20. The molecule has 0 radical (unpaired) electrons.